The van der Waals surface area contributed by atoms with Crippen LogP contribution < -0.4 is 6.15 Å². The van der Waals surface area contributed by atoms with Crippen molar-refractivity contribution in [2.24, 2.45) is 0 Å². The lowest BCUT2D eigenvalue weighted by Crippen LogP contribution is -2.33. The SMILES string of the molecule is CC(C(=O)O)(c1ccc(Cl)cc1)c1ccc2ocnc2c1.N. The van der Waals surface area contributed by atoms with Gasteiger partial charge in [0.15, 0.2) is 12.0 Å². The third-order valence-electron chi connectivity index (χ3n) is 3.76. The van der Waals surface area contributed by atoms with Gasteiger partial charge in [-0.25, -0.2) is 4.98 Å². The molecular weight excluding hydrogens is 304 g/mol. The van der Waals surface area contributed by atoms with Gasteiger partial charge in [-0.1, -0.05) is 29.8 Å². The number of aliphatic carboxylic acids is 1. The number of hydrogen-bond donors (Lipinski definition) is 2. The minimum atomic E-state index is -1.18. The summed E-state index contributed by atoms with van der Waals surface area (Å²) in [6.45, 7) is 1.67. The number of rotatable bonds is 3. The molecule has 2 aromatic carbocycles. The molecule has 0 aliphatic rings. The Morgan fingerprint density at radius 1 is 1.18 bits per heavy atom. The summed E-state index contributed by atoms with van der Waals surface area (Å²) in [5.74, 6) is -0.937. The number of halogens is 1. The normalized spacial score (nSPS) is 13.4. The van der Waals surface area contributed by atoms with Crippen LogP contribution in [0.1, 0.15) is 18.1 Å². The van der Waals surface area contributed by atoms with E-state index in [2.05, 4.69) is 4.98 Å². The van der Waals surface area contributed by atoms with E-state index in [0.29, 0.717) is 27.2 Å². The summed E-state index contributed by atoms with van der Waals surface area (Å²) in [5, 5.41) is 10.3. The molecule has 4 N–H and O–H groups in total. The molecule has 1 heterocycles. The van der Waals surface area contributed by atoms with Crippen molar-refractivity contribution in [2.75, 3.05) is 0 Å². The lowest BCUT2D eigenvalue weighted by atomic mass is 9.76. The van der Waals surface area contributed by atoms with E-state index in [-0.39, 0.29) is 6.15 Å². The third kappa shape index (κ3) is 2.45. The minimum Gasteiger partial charge on any atom is -0.480 e. The number of hydrogen-bond acceptors (Lipinski definition) is 4. The molecule has 0 amide bonds. The van der Waals surface area contributed by atoms with E-state index in [1.807, 2.05) is 0 Å². The van der Waals surface area contributed by atoms with Gasteiger partial charge in [0, 0.05) is 5.02 Å². The van der Waals surface area contributed by atoms with Gasteiger partial charge in [-0.05, 0) is 42.3 Å². The molecule has 3 rings (SSSR count). The number of aromatic nitrogens is 1. The van der Waals surface area contributed by atoms with E-state index in [1.165, 1.54) is 6.39 Å². The third-order valence-corrected chi connectivity index (χ3v) is 4.01. The van der Waals surface area contributed by atoms with Crippen molar-refractivity contribution in [1.29, 1.82) is 0 Å². The van der Waals surface area contributed by atoms with Crippen molar-refractivity contribution < 1.29 is 14.3 Å². The molecule has 5 nitrogen and oxygen atoms in total. The largest absolute Gasteiger partial charge is 0.480 e. The zero-order chi connectivity index (χ0) is 15.0. The molecule has 0 aliphatic heterocycles. The number of carboxylic acids is 1. The first kappa shape index (κ1) is 16.0. The van der Waals surface area contributed by atoms with E-state index in [0.717, 1.165) is 0 Å². The maximum Gasteiger partial charge on any atom is 0.318 e. The summed E-state index contributed by atoms with van der Waals surface area (Å²) in [7, 11) is 0. The van der Waals surface area contributed by atoms with Crippen LogP contribution in [0.4, 0.5) is 0 Å². The van der Waals surface area contributed by atoms with Gasteiger partial charge in [-0.15, -0.1) is 0 Å². The summed E-state index contributed by atoms with van der Waals surface area (Å²) in [6.07, 6.45) is 1.34. The highest BCUT2D eigenvalue weighted by Crippen LogP contribution is 2.34. The smallest absolute Gasteiger partial charge is 0.318 e. The molecule has 0 aliphatic carbocycles. The molecule has 0 saturated carbocycles. The quantitative estimate of drug-likeness (QED) is 0.759. The standard InChI is InChI=1S/C16H12ClNO3.H3N/c1-16(15(19)20,10-2-5-12(17)6-3-10)11-4-7-14-13(8-11)18-9-21-14;/h2-9H,1H3,(H,19,20);1H3. The molecule has 0 bridgehead atoms. The van der Waals surface area contributed by atoms with Crippen molar-refractivity contribution in [3.05, 3.63) is 65.0 Å². The second-order valence-electron chi connectivity index (χ2n) is 4.97. The maximum atomic E-state index is 11.9. The van der Waals surface area contributed by atoms with E-state index in [4.69, 9.17) is 16.0 Å². The Morgan fingerprint density at radius 3 is 2.45 bits per heavy atom. The summed E-state index contributed by atoms with van der Waals surface area (Å²) in [6, 6.07) is 12.0. The van der Waals surface area contributed by atoms with Gasteiger partial charge < -0.3 is 15.7 Å². The van der Waals surface area contributed by atoms with Crippen LogP contribution in [0.5, 0.6) is 0 Å². The van der Waals surface area contributed by atoms with Gasteiger partial charge in [-0.2, -0.15) is 0 Å². The molecular formula is C16H15ClN2O3. The van der Waals surface area contributed by atoms with Crippen molar-refractivity contribution >= 4 is 28.7 Å². The molecule has 0 fully saturated rings. The number of oxazole rings is 1. The Morgan fingerprint density at radius 2 is 1.82 bits per heavy atom. The topological polar surface area (TPSA) is 98.3 Å². The molecule has 3 aromatic rings. The minimum absolute atomic E-state index is 0. The van der Waals surface area contributed by atoms with Gasteiger partial charge in [0.05, 0.1) is 0 Å². The molecule has 22 heavy (non-hydrogen) atoms. The van der Waals surface area contributed by atoms with Gasteiger partial charge in [-0.3, -0.25) is 4.79 Å². The fourth-order valence-electron chi connectivity index (χ4n) is 2.37. The average Bonchev–Trinajstić information content (AvgIpc) is 2.94. The van der Waals surface area contributed by atoms with Crippen LogP contribution in [0.2, 0.25) is 5.02 Å². The fourth-order valence-corrected chi connectivity index (χ4v) is 2.49. The molecule has 0 saturated heterocycles. The lowest BCUT2D eigenvalue weighted by Gasteiger charge is -2.26. The second kappa shape index (κ2) is 5.79. The Bertz CT molecular complexity index is 814. The summed E-state index contributed by atoms with van der Waals surface area (Å²) in [5.41, 5.74) is 1.37. The highest BCUT2D eigenvalue weighted by molar-refractivity contribution is 6.30. The van der Waals surface area contributed by atoms with Crippen molar-refractivity contribution in [2.45, 2.75) is 12.3 Å². The van der Waals surface area contributed by atoms with Gasteiger partial charge in [0.25, 0.3) is 0 Å². The first-order valence-corrected chi connectivity index (χ1v) is 6.73. The van der Waals surface area contributed by atoms with Crippen LogP contribution in [0.25, 0.3) is 11.1 Å². The van der Waals surface area contributed by atoms with Crippen LogP contribution >= 0.6 is 11.6 Å². The average molecular weight is 319 g/mol. The maximum absolute atomic E-state index is 11.9. The zero-order valence-corrected chi connectivity index (χ0v) is 12.7. The van der Waals surface area contributed by atoms with Crippen LogP contribution in [0, 0.1) is 0 Å². The molecule has 0 spiro atoms. The van der Waals surface area contributed by atoms with Crippen LogP contribution in [-0.4, -0.2) is 16.1 Å². The highest BCUT2D eigenvalue weighted by atomic mass is 35.5. The van der Waals surface area contributed by atoms with Crippen LogP contribution in [0.15, 0.2) is 53.3 Å². The van der Waals surface area contributed by atoms with Crippen molar-refractivity contribution in [3.8, 4) is 0 Å². The molecule has 1 aromatic heterocycles. The zero-order valence-electron chi connectivity index (χ0n) is 11.9. The summed E-state index contributed by atoms with van der Waals surface area (Å²) in [4.78, 5) is 16.0. The number of carboxylic acid groups (broad SMARTS) is 1. The predicted molar refractivity (Wildman–Crippen MR) is 84.6 cm³/mol. The number of fused-ring (bicyclic) bond motifs is 1. The van der Waals surface area contributed by atoms with Crippen LogP contribution in [-0.2, 0) is 10.2 Å². The van der Waals surface area contributed by atoms with Crippen molar-refractivity contribution in [1.82, 2.24) is 11.1 Å². The number of benzene rings is 2. The molecule has 114 valence electrons. The lowest BCUT2D eigenvalue weighted by molar-refractivity contribution is -0.141. The molecule has 1 atom stereocenters. The Balaban J connectivity index is 0.00000176. The predicted octanol–water partition coefficient (Wildman–Crippen LogP) is 4.03. The van der Waals surface area contributed by atoms with E-state index >= 15 is 0 Å². The molecule has 1 unspecified atom stereocenters. The van der Waals surface area contributed by atoms with Crippen molar-refractivity contribution in [3.63, 3.8) is 0 Å². The first-order chi connectivity index (χ1) is 10.0. The summed E-state index contributed by atoms with van der Waals surface area (Å²) < 4.78 is 5.19. The summed E-state index contributed by atoms with van der Waals surface area (Å²) >= 11 is 5.88. The number of nitrogens with zero attached hydrogens (tertiary/aromatic N) is 1. The van der Waals surface area contributed by atoms with Gasteiger partial charge >= 0.3 is 5.97 Å². The Kier molecular flexibility index (Phi) is 4.21. The van der Waals surface area contributed by atoms with Gasteiger partial charge in [0.1, 0.15) is 10.9 Å². The highest BCUT2D eigenvalue weighted by Gasteiger charge is 2.37. The van der Waals surface area contributed by atoms with E-state index in [9.17, 15) is 9.90 Å². The fraction of sp³-hybridized carbons (Fsp3) is 0.125. The van der Waals surface area contributed by atoms with E-state index in [1.54, 1.807) is 49.4 Å². The number of carbonyl (C=O) groups is 1. The monoisotopic (exact) mass is 318 g/mol. The van der Waals surface area contributed by atoms with Gasteiger partial charge in [0.2, 0.25) is 0 Å². The molecule has 6 heteroatoms. The second-order valence-corrected chi connectivity index (χ2v) is 5.41. The Labute approximate surface area is 132 Å². The Hall–Kier alpha value is -2.37. The first-order valence-electron chi connectivity index (χ1n) is 6.35. The van der Waals surface area contributed by atoms with E-state index < -0.39 is 11.4 Å². The van der Waals surface area contributed by atoms with Crippen LogP contribution in [0.3, 0.4) is 0 Å². The molecule has 0 radical (unpaired) electrons.